The van der Waals surface area contributed by atoms with Crippen molar-refractivity contribution in [2.75, 3.05) is 0 Å². The molecular formula is AlI5Mg. The van der Waals surface area contributed by atoms with E-state index in [1.807, 2.05) is 0 Å². The summed E-state index contributed by atoms with van der Waals surface area (Å²) in [7, 11) is 0. The van der Waals surface area contributed by atoms with Gasteiger partial charge in [-0.05, 0) is 0 Å². The fraction of sp³-hybridized carbons (Fsp3) is 0. The van der Waals surface area contributed by atoms with E-state index in [4.69, 9.17) is 0 Å². The molecule has 0 aliphatic heterocycles. The zero-order chi connectivity index (χ0) is 0. The topological polar surface area (TPSA) is 0 Å². The first kappa shape index (κ1) is 58.5. The molecule has 0 saturated heterocycles. The molecule has 0 rings (SSSR count). The molecule has 0 aliphatic rings. The predicted octanol–water partition coefficient (Wildman–Crippen LogP) is -15.7. The molecule has 0 fully saturated rings. The summed E-state index contributed by atoms with van der Waals surface area (Å²) < 4.78 is 0. The smallest absolute Gasteiger partial charge is 1.00 e. The molecule has 0 nitrogen and oxygen atoms in total. The van der Waals surface area contributed by atoms with Crippen LogP contribution in [0.25, 0.3) is 0 Å². The molecule has 0 bridgehead atoms. The predicted molar refractivity (Wildman–Crippen MR) is 11.5 cm³/mol. The zero-order valence-electron chi connectivity index (χ0n) is 3.17. The van der Waals surface area contributed by atoms with Gasteiger partial charge in [-0.1, -0.05) is 0 Å². The Bertz CT molecular complexity index is 8.04. The van der Waals surface area contributed by atoms with E-state index >= 15 is 0 Å². The Balaban J connectivity index is 0. The van der Waals surface area contributed by atoms with Crippen molar-refractivity contribution in [3.8, 4) is 0 Å². The largest absolute Gasteiger partial charge is 3.00 e. The van der Waals surface area contributed by atoms with Gasteiger partial charge in [-0.3, -0.25) is 0 Å². The van der Waals surface area contributed by atoms with E-state index in [1.165, 1.54) is 0 Å². The molecule has 0 aromatic rings. The van der Waals surface area contributed by atoms with E-state index in [0.29, 0.717) is 0 Å². The molecule has 0 aliphatic carbocycles. The molecule has 7 heavy (non-hydrogen) atoms. The molecule has 0 heterocycles. The van der Waals surface area contributed by atoms with Crippen molar-refractivity contribution in [1.29, 1.82) is 0 Å². The summed E-state index contributed by atoms with van der Waals surface area (Å²) in [5.41, 5.74) is 0. The molecule has 0 saturated carbocycles. The van der Waals surface area contributed by atoms with Gasteiger partial charge in [0, 0.05) is 0 Å². The van der Waals surface area contributed by atoms with Crippen LogP contribution in [0.1, 0.15) is 0 Å². The second-order valence-electron chi connectivity index (χ2n) is 0. The Labute approximate surface area is 156 Å². The summed E-state index contributed by atoms with van der Waals surface area (Å²) >= 11 is 0. The SMILES string of the molecule is [Al+3].[I-].[I-].[I-].[I-].[I-].[Mg+2]. The fourth-order valence-electron chi connectivity index (χ4n) is 0. The van der Waals surface area contributed by atoms with Crippen LogP contribution in [0.4, 0.5) is 0 Å². The summed E-state index contributed by atoms with van der Waals surface area (Å²) in [6, 6.07) is 0. The normalized spacial score (nSPS) is 0. The van der Waals surface area contributed by atoms with Crippen molar-refractivity contribution < 1.29 is 120 Å². The molecule has 0 amide bonds. The molecule has 7 heteroatoms. The van der Waals surface area contributed by atoms with E-state index in [2.05, 4.69) is 0 Å². The second kappa shape index (κ2) is 44.2. The second-order valence-corrected chi connectivity index (χ2v) is 0. The van der Waals surface area contributed by atoms with E-state index in [0.717, 1.165) is 0 Å². The summed E-state index contributed by atoms with van der Waals surface area (Å²) in [4.78, 5) is 0. The van der Waals surface area contributed by atoms with Crippen LogP contribution in [0.3, 0.4) is 0 Å². The van der Waals surface area contributed by atoms with Crippen LogP contribution in [0, 0.1) is 0 Å². The average molecular weight is 686 g/mol. The Morgan fingerprint density at radius 3 is 0.429 bits per heavy atom. The first-order chi connectivity index (χ1) is 0. The van der Waals surface area contributed by atoms with Crippen LogP contribution < -0.4 is 120 Å². The molecule has 0 aromatic carbocycles. The van der Waals surface area contributed by atoms with Crippen LogP contribution in [0.2, 0.25) is 0 Å². The van der Waals surface area contributed by atoms with Crippen molar-refractivity contribution in [1.82, 2.24) is 0 Å². The van der Waals surface area contributed by atoms with Gasteiger partial charge >= 0.3 is 40.4 Å². The van der Waals surface area contributed by atoms with E-state index in [9.17, 15) is 0 Å². The van der Waals surface area contributed by atoms with Crippen LogP contribution in [-0.4, -0.2) is 40.4 Å². The van der Waals surface area contributed by atoms with Gasteiger partial charge < -0.3 is 120 Å². The van der Waals surface area contributed by atoms with Crippen molar-refractivity contribution in [3.63, 3.8) is 0 Å². The molecule has 0 unspecified atom stereocenters. The third kappa shape index (κ3) is 35.8. The van der Waals surface area contributed by atoms with Crippen molar-refractivity contribution in [2.45, 2.75) is 0 Å². The minimum absolute atomic E-state index is 0. The standard InChI is InChI=1S/Al.5HI.Mg/h;5*1H;/q+3;;;;;;+2/p-5. The van der Waals surface area contributed by atoms with Crippen LogP contribution >= 0.6 is 0 Å². The Kier molecular flexibility index (Phi) is 370. The molecule has 0 N–H and O–H groups in total. The third-order valence-corrected chi connectivity index (χ3v) is 0. The van der Waals surface area contributed by atoms with E-state index in [-0.39, 0.29) is 160 Å². The molecule has 0 spiro atoms. The minimum Gasteiger partial charge on any atom is -1.00 e. The minimum atomic E-state index is 0. The summed E-state index contributed by atoms with van der Waals surface area (Å²) in [5.74, 6) is 0. The number of halogens is 5. The van der Waals surface area contributed by atoms with E-state index in [1.54, 1.807) is 0 Å². The Morgan fingerprint density at radius 2 is 0.429 bits per heavy atom. The maximum Gasteiger partial charge on any atom is 3.00 e. The molecule has 40 valence electrons. The summed E-state index contributed by atoms with van der Waals surface area (Å²) in [6.45, 7) is 0. The number of hydrogen-bond donors (Lipinski definition) is 0. The van der Waals surface area contributed by atoms with Gasteiger partial charge in [0.15, 0.2) is 0 Å². The zero-order valence-corrected chi connectivity index (χ0v) is 16.5. The van der Waals surface area contributed by atoms with Gasteiger partial charge in [-0.2, -0.15) is 0 Å². The van der Waals surface area contributed by atoms with Gasteiger partial charge in [-0.15, -0.1) is 0 Å². The van der Waals surface area contributed by atoms with Crippen molar-refractivity contribution >= 4 is 40.4 Å². The van der Waals surface area contributed by atoms with Crippen molar-refractivity contribution in [3.05, 3.63) is 0 Å². The number of hydrogen-bond acceptors (Lipinski definition) is 0. The first-order valence-corrected chi connectivity index (χ1v) is 0. The van der Waals surface area contributed by atoms with Gasteiger partial charge in [0.1, 0.15) is 0 Å². The van der Waals surface area contributed by atoms with Crippen molar-refractivity contribution in [2.24, 2.45) is 0 Å². The van der Waals surface area contributed by atoms with Crippen LogP contribution in [0.5, 0.6) is 0 Å². The monoisotopic (exact) mass is 685 g/mol. The molecule has 0 radical (unpaired) electrons. The molecule has 0 aromatic heterocycles. The van der Waals surface area contributed by atoms with Gasteiger partial charge in [-0.25, -0.2) is 0 Å². The van der Waals surface area contributed by atoms with Crippen LogP contribution in [0.15, 0.2) is 0 Å². The first-order valence-electron chi connectivity index (χ1n) is 0. The summed E-state index contributed by atoms with van der Waals surface area (Å²) in [5, 5.41) is 0. The summed E-state index contributed by atoms with van der Waals surface area (Å²) in [6.07, 6.45) is 0. The van der Waals surface area contributed by atoms with Gasteiger partial charge in [0.05, 0.1) is 0 Å². The van der Waals surface area contributed by atoms with Gasteiger partial charge in [0.25, 0.3) is 0 Å². The number of rotatable bonds is 0. The maximum atomic E-state index is 0. The Morgan fingerprint density at radius 1 is 0.429 bits per heavy atom. The van der Waals surface area contributed by atoms with Gasteiger partial charge in [0.2, 0.25) is 0 Å². The van der Waals surface area contributed by atoms with Crippen LogP contribution in [-0.2, 0) is 0 Å². The maximum absolute atomic E-state index is 0. The van der Waals surface area contributed by atoms with E-state index < -0.39 is 0 Å². The third-order valence-electron chi connectivity index (χ3n) is 0. The quantitative estimate of drug-likeness (QED) is 0.176. The molecule has 0 atom stereocenters. The average Bonchev–Trinajstić information content (AvgIpc) is 0. The molecular weight excluding hydrogens is 686 g/mol. The Hall–Kier alpha value is 4.95. The fourth-order valence-corrected chi connectivity index (χ4v) is 0.